The van der Waals surface area contributed by atoms with Crippen LogP contribution in [0.4, 0.5) is 0 Å². The fraction of sp³-hybridized carbons (Fsp3) is 0.133. The van der Waals surface area contributed by atoms with Crippen molar-refractivity contribution in [1.29, 1.82) is 0 Å². The van der Waals surface area contributed by atoms with Gasteiger partial charge in [0.05, 0.1) is 18.3 Å². The predicted molar refractivity (Wildman–Crippen MR) is 86.4 cm³/mol. The standard InChI is InChI=1S/C15H14ClNO5S/c1-10-3-5-12(6-4-10)23(19,20)22-15-13(16)7-11(9-17-18)8-14(15)21-2/h3-9,18H,1-2H3/b17-9-. The minimum absolute atomic E-state index is 0.00205. The van der Waals surface area contributed by atoms with Gasteiger partial charge >= 0.3 is 10.1 Å². The zero-order valence-corrected chi connectivity index (χ0v) is 13.9. The lowest BCUT2D eigenvalue weighted by Gasteiger charge is -2.13. The number of halogens is 1. The third-order valence-corrected chi connectivity index (χ3v) is 4.48. The first-order valence-corrected chi connectivity index (χ1v) is 8.22. The Hall–Kier alpha value is -2.25. The molecule has 0 aromatic heterocycles. The Balaban J connectivity index is 2.44. The Labute approximate surface area is 139 Å². The number of hydrogen-bond acceptors (Lipinski definition) is 6. The summed E-state index contributed by atoms with van der Waals surface area (Å²) in [6, 6.07) is 9.04. The van der Waals surface area contributed by atoms with Gasteiger partial charge in [0.2, 0.25) is 5.75 Å². The second kappa shape index (κ2) is 6.89. The first kappa shape index (κ1) is 17.1. The Morgan fingerprint density at radius 3 is 2.43 bits per heavy atom. The molecule has 8 heteroatoms. The Morgan fingerprint density at radius 2 is 1.87 bits per heavy atom. The van der Waals surface area contributed by atoms with Crippen LogP contribution in [-0.2, 0) is 10.1 Å². The van der Waals surface area contributed by atoms with E-state index in [4.69, 9.17) is 25.7 Å². The van der Waals surface area contributed by atoms with Crippen LogP contribution in [0.1, 0.15) is 11.1 Å². The van der Waals surface area contributed by atoms with Gasteiger partial charge in [0.15, 0.2) is 5.75 Å². The van der Waals surface area contributed by atoms with Crippen molar-refractivity contribution in [3.05, 3.63) is 52.5 Å². The van der Waals surface area contributed by atoms with Crippen LogP contribution in [0.15, 0.2) is 46.4 Å². The van der Waals surface area contributed by atoms with Gasteiger partial charge in [-0.3, -0.25) is 0 Å². The van der Waals surface area contributed by atoms with E-state index in [-0.39, 0.29) is 21.4 Å². The van der Waals surface area contributed by atoms with Gasteiger partial charge in [0.25, 0.3) is 0 Å². The molecule has 2 aromatic carbocycles. The van der Waals surface area contributed by atoms with Crippen molar-refractivity contribution in [2.75, 3.05) is 7.11 Å². The second-order valence-electron chi connectivity index (χ2n) is 4.63. The molecular weight excluding hydrogens is 342 g/mol. The van der Waals surface area contributed by atoms with Crippen LogP contribution in [-0.4, -0.2) is 26.9 Å². The number of rotatable bonds is 5. The van der Waals surface area contributed by atoms with E-state index >= 15 is 0 Å². The Morgan fingerprint density at radius 1 is 1.22 bits per heavy atom. The van der Waals surface area contributed by atoms with Crippen LogP contribution in [0.3, 0.4) is 0 Å². The molecule has 0 spiro atoms. The van der Waals surface area contributed by atoms with Crippen molar-refractivity contribution in [3.63, 3.8) is 0 Å². The highest BCUT2D eigenvalue weighted by molar-refractivity contribution is 7.87. The fourth-order valence-electron chi connectivity index (χ4n) is 1.82. The quantitative estimate of drug-likeness (QED) is 0.385. The molecule has 0 heterocycles. The minimum Gasteiger partial charge on any atom is -0.493 e. The summed E-state index contributed by atoms with van der Waals surface area (Å²) in [6.45, 7) is 1.85. The van der Waals surface area contributed by atoms with E-state index < -0.39 is 10.1 Å². The molecule has 0 radical (unpaired) electrons. The van der Waals surface area contributed by atoms with E-state index in [1.165, 1.54) is 31.4 Å². The van der Waals surface area contributed by atoms with Gasteiger partial charge in [0, 0.05) is 5.56 Å². The first-order valence-electron chi connectivity index (χ1n) is 6.43. The number of oxime groups is 1. The second-order valence-corrected chi connectivity index (χ2v) is 6.58. The number of hydrogen-bond donors (Lipinski definition) is 1. The molecule has 0 atom stereocenters. The topological polar surface area (TPSA) is 85.2 Å². The van der Waals surface area contributed by atoms with E-state index in [0.29, 0.717) is 5.56 Å². The van der Waals surface area contributed by atoms with E-state index in [2.05, 4.69) is 5.16 Å². The van der Waals surface area contributed by atoms with Crippen molar-refractivity contribution in [1.82, 2.24) is 0 Å². The molecule has 6 nitrogen and oxygen atoms in total. The number of methoxy groups -OCH3 is 1. The van der Waals surface area contributed by atoms with E-state index in [0.717, 1.165) is 11.8 Å². The molecule has 0 bridgehead atoms. The Kier molecular flexibility index (Phi) is 5.12. The average molecular weight is 356 g/mol. The van der Waals surface area contributed by atoms with Gasteiger partial charge in [-0.2, -0.15) is 8.42 Å². The number of aryl methyl sites for hydroxylation is 1. The minimum atomic E-state index is -4.06. The lowest BCUT2D eigenvalue weighted by molar-refractivity contribution is 0.322. The molecule has 23 heavy (non-hydrogen) atoms. The molecule has 2 aromatic rings. The molecule has 0 aliphatic rings. The van der Waals surface area contributed by atoms with Gasteiger partial charge in [-0.1, -0.05) is 34.5 Å². The number of nitrogens with zero attached hydrogens (tertiary/aromatic N) is 1. The highest BCUT2D eigenvalue weighted by Crippen LogP contribution is 2.37. The summed E-state index contributed by atoms with van der Waals surface area (Å²) in [7, 11) is -2.71. The molecule has 0 fully saturated rings. The van der Waals surface area contributed by atoms with Crippen LogP contribution < -0.4 is 8.92 Å². The predicted octanol–water partition coefficient (Wildman–Crippen LogP) is 3.23. The summed E-state index contributed by atoms with van der Waals surface area (Å²) in [5.41, 5.74) is 1.35. The molecule has 0 saturated heterocycles. The summed E-state index contributed by atoms with van der Waals surface area (Å²) in [5, 5.41) is 11.5. The SMILES string of the molecule is COc1cc(/C=N\O)cc(Cl)c1OS(=O)(=O)c1ccc(C)cc1. The van der Waals surface area contributed by atoms with Gasteiger partial charge in [0.1, 0.15) is 4.90 Å². The number of ether oxygens (including phenoxy) is 1. The average Bonchev–Trinajstić information content (AvgIpc) is 2.50. The lowest BCUT2D eigenvalue weighted by Crippen LogP contribution is -2.11. The molecule has 0 aliphatic heterocycles. The summed E-state index contributed by atoms with van der Waals surface area (Å²) in [6.07, 6.45) is 1.13. The summed E-state index contributed by atoms with van der Waals surface area (Å²) in [5.74, 6) is -0.0343. The molecule has 0 amide bonds. The van der Waals surface area contributed by atoms with Crippen molar-refractivity contribution in [3.8, 4) is 11.5 Å². The largest absolute Gasteiger partial charge is 0.493 e. The summed E-state index contributed by atoms with van der Waals surface area (Å²) >= 11 is 6.06. The third kappa shape index (κ3) is 3.94. The lowest BCUT2D eigenvalue weighted by atomic mass is 10.2. The zero-order valence-electron chi connectivity index (χ0n) is 12.4. The van der Waals surface area contributed by atoms with Crippen LogP contribution in [0.2, 0.25) is 5.02 Å². The van der Waals surface area contributed by atoms with E-state index in [1.54, 1.807) is 12.1 Å². The van der Waals surface area contributed by atoms with Crippen molar-refractivity contribution < 1.29 is 22.5 Å². The van der Waals surface area contributed by atoms with Crippen LogP contribution >= 0.6 is 11.6 Å². The van der Waals surface area contributed by atoms with E-state index in [9.17, 15) is 8.42 Å². The molecule has 0 aliphatic carbocycles. The Bertz CT molecular complexity index is 832. The third-order valence-electron chi connectivity index (χ3n) is 2.96. The van der Waals surface area contributed by atoms with Crippen molar-refractivity contribution in [2.45, 2.75) is 11.8 Å². The maximum absolute atomic E-state index is 12.3. The molecule has 2 rings (SSSR count). The summed E-state index contributed by atoms with van der Waals surface area (Å²) < 4.78 is 34.9. The van der Waals surface area contributed by atoms with Gasteiger partial charge in [-0.15, -0.1) is 0 Å². The van der Waals surface area contributed by atoms with Crippen molar-refractivity contribution >= 4 is 27.9 Å². The molecule has 0 saturated carbocycles. The van der Waals surface area contributed by atoms with Crippen LogP contribution in [0.25, 0.3) is 0 Å². The smallest absolute Gasteiger partial charge is 0.339 e. The normalized spacial score (nSPS) is 11.6. The zero-order chi connectivity index (χ0) is 17.0. The highest BCUT2D eigenvalue weighted by atomic mass is 35.5. The van der Waals surface area contributed by atoms with Crippen LogP contribution in [0, 0.1) is 6.92 Å². The van der Waals surface area contributed by atoms with Crippen LogP contribution in [0.5, 0.6) is 11.5 Å². The maximum Gasteiger partial charge on any atom is 0.339 e. The summed E-state index contributed by atoms with van der Waals surface area (Å²) in [4.78, 5) is 0.00205. The molecule has 122 valence electrons. The van der Waals surface area contributed by atoms with Crippen molar-refractivity contribution in [2.24, 2.45) is 5.16 Å². The molecular formula is C15H14ClNO5S. The maximum atomic E-state index is 12.3. The number of benzene rings is 2. The van der Waals surface area contributed by atoms with Gasteiger partial charge < -0.3 is 14.1 Å². The molecule has 1 N–H and O–H groups in total. The van der Waals surface area contributed by atoms with Gasteiger partial charge in [-0.05, 0) is 31.2 Å². The first-order chi connectivity index (χ1) is 10.9. The monoisotopic (exact) mass is 355 g/mol. The van der Waals surface area contributed by atoms with Gasteiger partial charge in [-0.25, -0.2) is 0 Å². The van der Waals surface area contributed by atoms with E-state index in [1.807, 2.05) is 6.92 Å². The fourth-order valence-corrected chi connectivity index (χ4v) is 3.09. The molecule has 0 unspecified atom stereocenters. The highest BCUT2D eigenvalue weighted by Gasteiger charge is 2.22.